The first-order valence-corrected chi connectivity index (χ1v) is 5.37. The molecule has 5 nitrogen and oxygen atoms in total. The van der Waals surface area contributed by atoms with Crippen LogP contribution in [-0.4, -0.2) is 21.3 Å². The lowest BCUT2D eigenvalue weighted by Gasteiger charge is -2.27. The Morgan fingerprint density at radius 1 is 1.12 bits per heavy atom. The van der Waals surface area contributed by atoms with Crippen molar-refractivity contribution in [2.45, 2.75) is 13.0 Å². The van der Waals surface area contributed by atoms with Crippen molar-refractivity contribution in [2.75, 3.05) is 17.2 Å². The Balaban J connectivity index is 2.05. The summed E-state index contributed by atoms with van der Waals surface area (Å²) in [5.41, 5.74) is 6.76. The summed E-state index contributed by atoms with van der Waals surface area (Å²) in [6.45, 7) is 1.85. The smallest absolute Gasteiger partial charge is 0.241 e. The van der Waals surface area contributed by atoms with Gasteiger partial charge in [0.2, 0.25) is 11.9 Å². The molecule has 0 amide bonds. The van der Waals surface area contributed by atoms with Crippen molar-refractivity contribution in [3.8, 4) is 0 Å². The van der Waals surface area contributed by atoms with Gasteiger partial charge in [-0.2, -0.15) is 4.98 Å². The minimum Gasteiger partial charge on any atom is -0.366 e. The maximum Gasteiger partial charge on any atom is 0.241 e. The zero-order valence-electron chi connectivity index (χ0n) is 8.87. The highest BCUT2D eigenvalue weighted by molar-refractivity contribution is 5.58. The number of anilines is 3. The molecule has 0 atom stereocenters. The number of nitrogens with two attached hydrogens (primary N) is 1. The van der Waals surface area contributed by atoms with E-state index < -0.39 is 0 Å². The molecule has 0 spiro atoms. The lowest BCUT2D eigenvalue weighted by atomic mass is 10.2. The summed E-state index contributed by atoms with van der Waals surface area (Å²) < 4.78 is 1.87. The first-order chi connectivity index (χ1) is 7.84. The summed E-state index contributed by atoms with van der Waals surface area (Å²) >= 11 is 0. The van der Waals surface area contributed by atoms with Gasteiger partial charge >= 0.3 is 0 Å². The van der Waals surface area contributed by atoms with Crippen LogP contribution in [0, 0.1) is 0 Å². The molecular weight excluding hydrogens is 202 g/mol. The molecule has 2 heterocycles. The minimum atomic E-state index is 0.345. The van der Waals surface area contributed by atoms with Crippen LogP contribution >= 0.6 is 0 Å². The fraction of sp³-hybridized carbons (Fsp3) is 0.273. The molecule has 1 aliphatic heterocycles. The number of aryl methyl sites for hydroxylation is 1. The van der Waals surface area contributed by atoms with E-state index in [1.54, 1.807) is 0 Å². The molecule has 2 aromatic rings. The second-order valence-electron chi connectivity index (χ2n) is 3.83. The zero-order valence-corrected chi connectivity index (χ0v) is 8.87. The third-order valence-electron chi connectivity index (χ3n) is 2.73. The SMILES string of the molecule is Nc1nc2n(n1)CCCN2c1ccccc1. The van der Waals surface area contributed by atoms with E-state index in [0.29, 0.717) is 5.95 Å². The van der Waals surface area contributed by atoms with E-state index in [1.807, 2.05) is 22.9 Å². The molecule has 5 heteroatoms. The van der Waals surface area contributed by atoms with Crippen LogP contribution in [0.25, 0.3) is 0 Å². The van der Waals surface area contributed by atoms with E-state index in [1.165, 1.54) is 0 Å². The zero-order chi connectivity index (χ0) is 11.0. The summed E-state index contributed by atoms with van der Waals surface area (Å²) in [4.78, 5) is 6.41. The van der Waals surface area contributed by atoms with E-state index in [2.05, 4.69) is 27.1 Å². The van der Waals surface area contributed by atoms with Gasteiger partial charge in [-0.25, -0.2) is 4.68 Å². The summed E-state index contributed by atoms with van der Waals surface area (Å²) in [6.07, 6.45) is 1.06. The van der Waals surface area contributed by atoms with Crippen LogP contribution in [0.4, 0.5) is 17.6 Å². The van der Waals surface area contributed by atoms with E-state index in [-0.39, 0.29) is 0 Å². The first-order valence-electron chi connectivity index (χ1n) is 5.37. The monoisotopic (exact) mass is 215 g/mol. The van der Waals surface area contributed by atoms with Gasteiger partial charge in [0.25, 0.3) is 0 Å². The van der Waals surface area contributed by atoms with Crippen LogP contribution < -0.4 is 10.6 Å². The molecule has 0 unspecified atom stereocenters. The standard InChI is InChI=1S/C11H13N5/c12-10-13-11-15(7-4-8-16(11)14-10)9-5-2-1-3-6-9/h1-3,5-6H,4,7-8H2,(H2,12,14). The molecule has 82 valence electrons. The fourth-order valence-electron chi connectivity index (χ4n) is 2.03. The Bertz CT molecular complexity index is 490. The Hall–Kier alpha value is -2.04. The van der Waals surface area contributed by atoms with Gasteiger partial charge in [0.15, 0.2) is 0 Å². The highest BCUT2D eigenvalue weighted by atomic mass is 15.5. The van der Waals surface area contributed by atoms with Crippen molar-refractivity contribution in [3.05, 3.63) is 30.3 Å². The molecule has 2 N–H and O–H groups in total. The van der Waals surface area contributed by atoms with E-state index in [9.17, 15) is 0 Å². The Morgan fingerprint density at radius 3 is 2.75 bits per heavy atom. The van der Waals surface area contributed by atoms with E-state index in [0.717, 1.165) is 31.1 Å². The lowest BCUT2D eigenvalue weighted by Crippen LogP contribution is -2.28. The van der Waals surface area contributed by atoms with E-state index >= 15 is 0 Å². The van der Waals surface area contributed by atoms with Crippen LogP contribution in [0.1, 0.15) is 6.42 Å². The van der Waals surface area contributed by atoms with Gasteiger partial charge in [-0.3, -0.25) is 0 Å². The van der Waals surface area contributed by atoms with E-state index in [4.69, 9.17) is 5.73 Å². The molecule has 0 fully saturated rings. The van der Waals surface area contributed by atoms with Crippen molar-refractivity contribution in [3.63, 3.8) is 0 Å². The van der Waals surface area contributed by atoms with Gasteiger partial charge in [-0.1, -0.05) is 18.2 Å². The van der Waals surface area contributed by atoms with Gasteiger partial charge < -0.3 is 10.6 Å². The quantitative estimate of drug-likeness (QED) is 0.781. The highest BCUT2D eigenvalue weighted by Crippen LogP contribution is 2.27. The lowest BCUT2D eigenvalue weighted by molar-refractivity contribution is 0.540. The Labute approximate surface area is 93.5 Å². The number of nitrogens with zero attached hydrogens (tertiary/aromatic N) is 4. The Morgan fingerprint density at radius 2 is 1.94 bits per heavy atom. The van der Waals surface area contributed by atoms with Crippen molar-refractivity contribution >= 4 is 17.6 Å². The van der Waals surface area contributed by atoms with Crippen molar-refractivity contribution in [1.82, 2.24) is 14.8 Å². The minimum absolute atomic E-state index is 0.345. The van der Waals surface area contributed by atoms with Crippen LogP contribution in [0.3, 0.4) is 0 Å². The molecule has 0 radical (unpaired) electrons. The second-order valence-corrected chi connectivity index (χ2v) is 3.83. The summed E-state index contributed by atoms with van der Waals surface area (Å²) in [6, 6.07) is 10.2. The van der Waals surface area contributed by atoms with Crippen molar-refractivity contribution < 1.29 is 0 Å². The highest BCUT2D eigenvalue weighted by Gasteiger charge is 2.21. The third-order valence-corrected chi connectivity index (χ3v) is 2.73. The van der Waals surface area contributed by atoms with Crippen molar-refractivity contribution in [2.24, 2.45) is 0 Å². The second kappa shape index (κ2) is 3.52. The molecule has 0 saturated heterocycles. The van der Waals surface area contributed by atoms with Gasteiger partial charge in [0, 0.05) is 18.8 Å². The molecule has 16 heavy (non-hydrogen) atoms. The molecule has 0 bridgehead atoms. The number of rotatable bonds is 1. The van der Waals surface area contributed by atoms with Crippen LogP contribution in [-0.2, 0) is 6.54 Å². The molecule has 1 aromatic heterocycles. The molecule has 0 saturated carbocycles. The molecule has 3 rings (SSSR count). The number of benzene rings is 1. The molecule has 1 aromatic carbocycles. The maximum absolute atomic E-state index is 5.63. The molecule has 0 aliphatic carbocycles. The van der Waals surface area contributed by atoms with Gasteiger partial charge in [-0.05, 0) is 18.6 Å². The average Bonchev–Trinajstić information content (AvgIpc) is 2.70. The number of nitrogen functional groups attached to an aromatic ring is 1. The fourth-order valence-corrected chi connectivity index (χ4v) is 2.03. The number of hydrogen-bond donors (Lipinski definition) is 1. The predicted octanol–water partition coefficient (Wildman–Crippen LogP) is 1.40. The topological polar surface area (TPSA) is 60.0 Å². The van der Waals surface area contributed by atoms with Gasteiger partial charge in [0.1, 0.15) is 0 Å². The normalized spacial score (nSPS) is 14.9. The summed E-state index contributed by atoms with van der Waals surface area (Å²) in [5, 5.41) is 4.17. The first kappa shape index (κ1) is 9.21. The van der Waals surface area contributed by atoms with Crippen LogP contribution in [0.15, 0.2) is 30.3 Å². The summed E-state index contributed by atoms with van der Waals surface area (Å²) in [5.74, 6) is 1.19. The average molecular weight is 215 g/mol. The van der Waals surface area contributed by atoms with Gasteiger partial charge in [-0.15, -0.1) is 5.10 Å². The molecular formula is C11H13N5. The third kappa shape index (κ3) is 1.41. The summed E-state index contributed by atoms with van der Waals surface area (Å²) in [7, 11) is 0. The largest absolute Gasteiger partial charge is 0.366 e. The number of aromatic nitrogens is 3. The predicted molar refractivity (Wildman–Crippen MR) is 62.5 cm³/mol. The Kier molecular flexibility index (Phi) is 2.02. The number of hydrogen-bond acceptors (Lipinski definition) is 4. The van der Waals surface area contributed by atoms with Crippen LogP contribution in [0.2, 0.25) is 0 Å². The van der Waals surface area contributed by atoms with Crippen molar-refractivity contribution in [1.29, 1.82) is 0 Å². The van der Waals surface area contributed by atoms with Crippen LogP contribution in [0.5, 0.6) is 0 Å². The van der Waals surface area contributed by atoms with Gasteiger partial charge in [0.05, 0.1) is 0 Å². The maximum atomic E-state index is 5.63. The molecule has 1 aliphatic rings. The number of fused-ring (bicyclic) bond motifs is 1. The number of para-hydroxylation sites is 1.